The number of rotatable bonds is 4. The number of aromatic nitrogens is 2. The van der Waals surface area contributed by atoms with Gasteiger partial charge in [0.25, 0.3) is 0 Å². The summed E-state index contributed by atoms with van der Waals surface area (Å²) < 4.78 is 20.2. The zero-order valence-corrected chi connectivity index (χ0v) is 13.2. The van der Waals surface area contributed by atoms with Crippen molar-refractivity contribution in [3.8, 4) is 0 Å². The molecule has 0 spiro atoms. The predicted molar refractivity (Wildman–Crippen MR) is 86.2 cm³/mol. The first-order valence-corrected chi connectivity index (χ1v) is 7.30. The Hall–Kier alpha value is -3.09. The monoisotopic (exact) mass is 326 g/mol. The number of pyridine rings is 1. The van der Waals surface area contributed by atoms with E-state index in [1.165, 1.54) is 19.2 Å². The largest absolute Gasteiger partial charge is 0.469 e. The number of fused-ring (bicyclic) bond motifs is 1. The molecule has 0 unspecified atom stereocenters. The molecule has 0 radical (unpaired) electrons. The Labute approximate surface area is 137 Å². The second-order valence-corrected chi connectivity index (χ2v) is 5.15. The highest BCUT2D eigenvalue weighted by Crippen LogP contribution is 2.27. The van der Waals surface area contributed by atoms with Crippen LogP contribution in [0.25, 0.3) is 5.65 Å². The van der Waals surface area contributed by atoms with Gasteiger partial charge in [-0.15, -0.1) is 10.2 Å². The fraction of sp³-hybridized carbons (Fsp3) is 0.176. The van der Waals surface area contributed by atoms with E-state index in [1.54, 1.807) is 22.6 Å². The average molecular weight is 326 g/mol. The summed E-state index contributed by atoms with van der Waals surface area (Å²) in [4.78, 5) is 16.0. The van der Waals surface area contributed by atoms with E-state index >= 15 is 0 Å². The van der Waals surface area contributed by atoms with Crippen molar-refractivity contribution < 1.29 is 13.9 Å². The number of ether oxygens (including phenoxy) is 1. The van der Waals surface area contributed by atoms with Crippen LogP contribution in [0.15, 0.2) is 52.7 Å². The quantitative estimate of drug-likeness (QED) is 0.539. The van der Waals surface area contributed by atoms with Gasteiger partial charge in [-0.05, 0) is 31.2 Å². The Balaban J connectivity index is 2.12. The van der Waals surface area contributed by atoms with E-state index in [0.29, 0.717) is 17.2 Å². The molecule has 0 aliphatic carbocycles. The molecule has 1 aromatic carbocycles. The number of imidazole rings is 1. The summed E-state index contributed by atoms with van der Waals surface area (Å²) in [6, 6.07) is 11.6. The summed E-state index contributed by atoms with van der Waals surface area (Å²) in [6.45, 7) is 1.89. The Morgan fingerprint density at radius 2 is 2.00 bits per heavy atom. The Morgan fingerprint density at radius 1 is 1.21 bits per heavy atom. The number of hydrogen-bond donors (Lipinski definition) is 0. The summed E-state index contributed by atoms with van der Waals surface area (Å²) in [6.07, 6.45) is -0.0384. The lowest BCUT2D eigenvalue weighted by molar-refractivity contribution is -0.139. The van der Waals surface area contributed by atoms with Gasteiger partial charge in [-0.3, -0.25) is 9.20 Å². The maximum absolute atomic E-state index is 13.7. The molecule has 0 N–H and O–H groups in total. The maximum atomic E-state index is 13.7. The lowest BCUT2D eigenvalue weighted by atomic mass is 10.3. The van der Waals surface area contributed by atoms with Crippen LogP contribution >= 0.6 is 0 Å². The molecule has 0 bridgehead atoms. The summed E-state index contributed by atoms with van der Waals surface area (Å²) >= 11 is 0. The number of hydrogen-bond acceptors (Lipinski definition) is 5. The van der Waals surface area contributed by atoms with Crippen molar-refractivity contribution in [3.63, 3.8) is 0 Å². The molecule has 0 aliphatic heterocycles. The number of benzene rings is 1. The normalized spacial score (nSPS) is 11.3. The molecule has 3 aromatic rings. The van der Waals surface area contributed by atoms with E-state index in [0.717, 1.165) is 5.69 Å². The second kappa shape index (κ2) is 6.57. The number of carbonyl (C=O) groups is 1. The van der Waals surface area contributed by atoms with Crippen LogP contribution in [0, 0.1) is 12.7 Å². The molecule has 0 saturated heterocycles. The lowest BCUT2D eigenvalue weighted by Gasteiger charge is -2.02. The zero-order chi connectivity index (χ0) is 17.1. The molecule has 0 atom stereocenters. The van der Waals surface area contributed by atoms with Crippen LogP contribution in [0.3, 0.4) is 0 Å². The van der Waals surface area contributed by atoms with Gasteiger partial charge in [-0.2, -0.15) is 0 Å². The van der Waals surface area contributed by atoms with Gasteiger partial charge in [-0.1, -0.05) is 18.2 Å². The highest BCUT2D eigenvalue weighted by atomic mass is 19.1. The molecule has 0 aliphatic rings. The summed E-state index contributed by atoms with van der Waals surface area (Å²) in [5.74, 6) is -0.517. The maximum Gasteiger partial charge on any atom is 0.311 e. The van der Waals surface area contributed by atoms with Crippen LogP contribution in [0.2, 0.25) is 0 Å². The topological polar surface area (TPSA) is 68.3 Å². The van der Waals surface area contributed by atoms with Crippen LogP contribution in [0.1, 0.15) is 11.4 Å². The molecule has 6 nitrogen and oxygen atoms in total. The van der Waals surface area contributed by atoms with Gasteiger partial charge in [0.05, 0.1) is 19.2 Å². The molecule has 0 amide bonds. The molecule has 0 saturated carbocycles. The number of methoxy groups -OCH3 is 1. The van der Waals surface area contributed by atoms with Crippen molar-refractivity contribution in [2.24, 2.45) is 10.2 Å². The van der Waals surface area contributed by atoms with Gasteiger partial charge in [0.1, 0.15) is 11.3 Å². The molecular formula is C17H15FN4O2. The van der Waals surface area contributed by atoms with Gasteiger partial charge >= 0.3 is 5.97 Å². The van der Waals surface area contributed by atoms with Gasteiger partial charge < -0.3 is 4.74 Å². The number of aryl methyl sites for hydroxylation is 1. The predicted octanol–water partition coefficient (Wildman–Crippen LogP) is 3.91. The molecule has 2 heterocycles. The lowest BCUT2D eigenvalue weighted by Crippen LogP contribution is -2.04. The number of carbonyl (C=O) groups excluding carboxylic acids is 1. The van der Waals surface area contributed by atoms with Gasteiger partial charge in [0.2, 0.25) is 0 Å². The van der Waals surface area contributed by atoms with Gasteiger partial charge in [-0.25, -0.2) is 9.37 Å². The van der Waals surface area contributed by atoms with Crippen molar-refractivity contribution in [3.05, 3.63) is 59.7 Å². The third-order valence-electron chi connectivity index (χ3n) is 3.53. The van der Waals surface area contributed by atoms with Crippen LogP contribution in [0.4, 0.5) is 15.9 Å². The van der Waals surface area contributed by atoms with Gasteiger partial charge in [0, 0.05) is 5.69 Å². The molecule has 24 heavy (non-hydrogen) atoms. The van der Waals surface area contributed by atoms with E-state index in [2.05, 4.69) is 15.2 Å². The van der Waals surface area contributed by atoms with E-state index in [1.807, 2.05) is 19.1 Å². The minimum Gasteiger partial charge on any atom is -0.469 e. The molecule has 0 fully saturated rings. The Bertz CT molecular complexity index is 933. The van der Waals surface area contributed by atoms with Crippen molar-refractivity contribution in [2.45, 2.75) is 13.3 Å². The molecule has 3 rings (SSSR count). The Kier molecular flexibility index (Phi) is 4.33. The van der Waals surface area contributed by atoms with E-state index < -0.39 is 11.8 Å². The fourth-order valence-corrected chi connectivity index (χ4v) is 2.35. The smallest absolute Gasteiger partial charge is 0.311 e. The summed E-state index contributed by atoms with van der Waals surface area (Å²) in [5.41, 5.74) is 2.05. The van der Waals surface area contributed by atoms with E-state index in [4.69, 9.17) is 4.74 Å². The van der Waals surface area contributed by atoms with Crippen LogP contribution in [-0.2, 0) is 16.0 Å². The molecular weight excluding hydrogens is 311 g/mol. The van der Waals surface area contributed by atoms with Crippen molar-refractivity contribution in [2.75, 3.05) is 7.11 Å². The summed E-state index contributed by atoms with van der Waals surface area (Å²) in [5, 5.41) is 8.12. The van der Waals surface area contributed by atoms with Crippen molar-refractivity contribution in [1.29, 1.82) is 0 Å². The Morgan fingerprint density at radius 3 is 2.75 bits per heavy atom. The number of nitrogens with zero attached hydrogens (tertiary/aromatic N) is 4. The first-order valence-electron chi connectivity index (χ1n) is 7.30. The van der Waals surface area contributed by atoms with Crippen molar-refractivity contribution >= 4 is 23.1 Å². The van der Waals surface area contributed by atoms with Crippen LogP contribution in [0.5, 0.6) is 0 Å². The fourth-order valence-electron chi connectivity index (χ4n) is 2.35. The first kappa shape index (κ1) is 15.8. The van der Waals surface area contributed by atoms with Crippen LogP contribution < -0.4 is 0 Å². The molecule has 2 aromatic heterocycles. The highest BCUT2D eigenvalue weighted by Gasteiger charge is 2.17. The minimum absolute atomic E-state index is 0.0384. The third-order valence-corrected chi connectivity index (χ3v) is 3.53. The van der Waals surface area contributed by atoms with Crippen LogP contribution in [-0.4, -0.2) is 22.5 Å². The highest BCUT2D eigenvalue weighted by molar-refractivity contribution is 5.74. The van der Waals surface area contributed by atoms with E-state index in [9.17, 15) is 9.18 Å². The summed E-state index contributed by atoms with van der Waals surface area (Å²) in [7, 11) is 1.31. The second-order valence-electron chi connectivity index (χ2n) is 5.15. The zero-order valence-electron chi connectivity index (χ0n) is 13.2. The SMILES string of the molecule is COC(=O)Cc1nc2cccc(C)n2c1N=Nc1ccccc1F. The molecule has 7 heteroatoms. The number of azo groups is 1. The standard InChI is InChI=1S/C17H15FN4O2/c1-11-6-5-9-15-19-14(10-16(23)24-2)17(22(11)15)21-20-13-8-4-3-7-12(13)18/h3-9H,10H2,1-2H3. The van der Waals surface area contributed by atoms with Crippen molar-refractivity contribution in [1.82, 2.24) is 9.38 Å². The van der Waals surface area contributed by atoms with Gasteiger partial charge in [0.15, 0.2) is 11.6 Å². The first-order chi connectivity index (χ1) is 11.6. The minimum atomic E-state index is -0.471. The number of esters is 1. The van der Waals surface area contributed by atoms with E-state index in [-0.39, 0.29) is 12.1 Å². The number of halogens is 1. The molecule has 122 valence electrons. The third kappa shape index (κ3) is 3.01. The average Bonchev–Trinajstić information content (AvgIpc) is 2.92.